The Morgan fingerprint density at radius 1 is 1.37 bits per heavy atom. The summed E-state index contributed by atoms with van der Waals surface area (Å²) in [5, 5.41) is 2.56. The van der Waals surface area contributed by atoms with E-state index in [2.05, 4.69) is 23.1 Å². The molecule has 0 aliphatic rings. The summed E-state index contributed by atoms with van der Waals surface area (Å²) >= 11 is 0. The molecule has 0 unspecified atom stereocenters. The van der Waals surface area contributed by atoms with Crippen LogP contribution in [0.3, 0.4) is 0 Å². The molecule has 0 radical (unpaired) electrons. The second-order valence-corrected chi connectivity index (χ2v) is 4.88. The number of nitrogens with one attached hydrogen (secondary N) is 1. The molecule has 0 aliphatic carbocycles. The number of benzene rings is 1. The first-order valence-electron chi connectivity index (χ1n) is 5.93. The van der Waals surface area contributed by atoms with Gasteiger partial charge in [0.15, 0.2) is 0 Å². The normalized spacial score (nSPS) is 9.79. The number of rotatable bonds is 1. The van der Waals surface area contributed by atoms with Crippen LogP contribution >= 0.6 is 0 Å². The number of hydrogen-bond acceptors (Lipinski definition) is 2. The average molecular weight is 255 g/mol. The van der Waals surface area contributed by atoms with Crippen LogP contribution in [0.15, 0.2) is 24.3 Å². The van der Waals surface area contributed by atoms with Crippen LogP contribution in [-0.4, -0.2) is 18.2 Å². The summed E-state index contributed by atoms with van der Waals surface area (Å²) < 4.78 is 5.08. The SMILES string of the molecule is C#Cc1cccc(C#CCNC(=O)OC(C)(C)C)c1. The molecule has 0 spiro atoms. The Balaban J connectivity index is 2.48. The van der Waals surface area contributed by atoms with Crippen molar-refractivity contribution in [3.05, 3.63) is 35.4 Å². The van der Waals surface area contributed by atoms with Gasteiger partial charge in [-0.1, -0.05) is 23.8 Å². The number of hydrogen-bond donors (Lipinski definition) is 1. The average Bonchev–Trinajstić information content (AvgIpc) is 2.33. The zero-order valence-electron chi connectivity index (χ0n) is 11.4. The molecule has 0 heterocycles. The molecule has 1 N–H and O–H groups in total. The monoisotopic (exact) mass is 255 g/mol. The minimum absolute atomic E-state index is 0.231. The van der Waals surface area contributed by atoms with Crippen molar-refractivity contribution < 1.29 is 9.53 Å². The van der Waals surface area contributed by atoms with Gasteiger partial charge in [0.25, 0.3) is 0 Å². The van der Waals surface area contributed by atoms with Gasteiger partial charge in [-0.15, -0.1) is 6.42 Å². The summed E-state index contributed by atoms with van der Waals surface area (Å²) in [5.41, 5.74) is 1.10. The highest BCUT2D eigenvalue weighted by atomic mass is 16.6. The molecule has 3 heteroatoms. The van der Waals surface area contributed by atoms with E-state index in [9.17, 15) is 4.79 Å². The van der Waals surface area contributed by atoms with E-state index in [1.807, 2.05) is 45.0 Å². The van der Waals surface area contributed by atoms with E-state index >= 15 is 0 Å². The first-order chi connectivity index (χ1) is 8.90. The lowest BCUT2D eigenvalue weighted by molar-refractivity contribution is 0.0535. The maximum atomic E-state index is 11.3. The van der Waals surface area contributed by atoms with Crippen molar-refractivity contribution in [3.63, 3.8) is 0 Å². The van der Waals surface area contributed by atoms with E-state index in [1.54, 1.807) is 0 Å². The van der Waals surface area contributed by atoms with Gasteiger partial charge < -0.3 is 10.1 Å². The van der Waals surface area contributed by atoms with Gasteiger partial charge in [0.1, 0.15) is 5.60 Å². The van der Waals surface area contributed by atoms with E-state index < -0.39 is 11.7 Å². The Morgan fingerprint density at radius 3 is 2.68 bits per heavy atom. The predicted molar refractivity (Wildman–Crippen MR) is 75.5 cm³/mol. The first kappa shape index (κ1) is 14.7. The van der Waals surface area contributed by atoms with Crippen molar-refractivity contribution in [2.75, 3.05) is 6.54 Å². The minimum atomic E-state index is -0.501. The zero-order chi connectivity index (χ0) is 14.3. The van der Waals surface area contributed by atoms with Crippen LogP contribution in [0.25, 0.3) is 0 Å². The molecule has 0 atom stereocenters. The summed E-state index contributed by atoms with van der Waals surface area (Å²) in [6, 6.07) is 7.37. The standard InChI is InChI=1S/C16H17NO2/c1-5-13-8-6-9-14(12-13)10-7-11-17-15(18)19-16(2,3)4/h1,6,8-9,12H,11H2,2-4H3,(H,17,18). The summed E-state index contributed by atoms with van der Waals surface area (Å²) in [6.45, 7) is 5.66. The highest BCUT2D eigenvalue weighted by Gasteiger charge is 2.14. The smallest absolute Gasteiger partial charge is 0.408 e. The molecule has 0 saturated heterocycles. The van der Waals surface area contributed by atoms with Crippen molar-refractivity contribution in [1.29, 1.82) is 0 Å². The van der Waals surface area contributed by atoms with Gasteiger partial charge in [-0.25, -0.2) is 4.79 Å². The van der Waals surface area contributed by atoms with Crippen molar-refractivity contribution in [2.45, 2.75) is 26.4 Å². The molecular formula is C16H17NO2. The fraction of sp³-hybridized carbons (Fsp3) is 0.312. The van der Waals surface area contributed by atoms with Crippen molar-refractivity contribution >= 4 is 6.09 Å². The van der Waals surface area contributed by atoms with Gasteiger partial charge in [-0.2, -0.15) is 0 Å². The van der Waals surface area contributed by atoms with Crippen molar-refractivity contribution in [3.8, 4) is 24.2 Å². The molecule has 3 nitrogen and oxygen atoms in total. The third-order valence-electron chi connectivity index (χ3n) is 1.98. The fourth-order valence-corrected chi connectivity index (χ4v) is 1.26. The highest BCUT2D eigenvalue weighted by Crippen LogP contribution is 2.06. The minimum Gasteiger partial charge on any atom is -0.444 e. The van der Waals surface area contributed by atoms with Gasteiger partial charge in [0.2, 0.25) is 0 Å². The predicted octanol–water partition coefficient (Wildman–Crippen LogP) is 2.54. The number of ether oxygens (including phenoxy) is 1. The summed E-state index contributed by atoms with van der Waals surface area (Å²) in [7, 11) is 0. The molecule has 1 rings (SSSR count). The van der Waals surface area contributed by atoms with Gasteiger partial charge in [-0.3, -0.25) is 0 Å². The Bertz CT molecular complexity index is 551. The second kappa shape index (κ2) is 6.52. The molecule has 0 saturated carbocycles. The molecule has 1 aromatic carbocycles. The zero-order valence-corrected chi connectivity index (χ0v) is 11.4. The summed E-state index contributed by atoms with van der Waals surface area (Å²) in [5.74, 6) is 8.31. The molecule has 0 aromatic heterocycles. The molecule has 0 aliphatic heterocycles. The van der Waals surface area contributed by atoms with Crippen LogP contribution in [0, 0.1) is 24.2 Å². The van der Waals surface area contributed by atoms with Crippen LogP contribution in [0.1, 0.15) is 31.9 Å². The number of terminal acetylenes is 1. The summed E-state index contributed by atoms with van der Waals surface area (Å²) in [6.07, 6.45) is 4.83. The first-order valence-corrected chi connectivity index (χ1v) is 5.93. The Kier molecular flexibility index (Phi) is 5.03. The van der Waals surface area contributed by atoms with Gasteiger partial charge in [0, 0.05) is 11.1 Å². The van der Waals surface area contributed by atoms with Crippen molar-refractivity contribution in [1.82, 2.24) is 5.32 Å². The second-order valence-electron chi connectivity index (χ2n) is 4.88. The van der Waals surface area contributed by atoms with E-state index in [0.717, 1.165) is 11.1 Å². The number of alkyl carbamates (subject to hydrolysis) is 1. The van der Waals surface area contributed by atoms with Crippen molar-refractivity contribution in [2.24, 2.45) is 0 Å². The third-order valence-corrected chi connectivity index (χ3v) is 1.98. The van der Waals surface area contributed by atoms with E-state index in [1.165, 1.54) is 0 Å². The maximum Gasteiger partial charge on any atom is 0.408 e. The van der Waals surface area contributed by atoms with Crippen LogP contribution < -0.4 is 5.32 Å². The van der Waals surface area contributed by atoms with E-state index in [4.69, 9.17) is 11.2 Å². The summed E-state index contributed by atoms with van der Waals surface area (Å²) in [4.78, 5) is 11.3. The quantitative estimate of drug-likeness (QED) is 0.783. The highest BCUT2D eigenvalue weighted by molar-refractivity contribution is 5.68. The van der Waals surface area contributed by atoms with E-state index in [-0.39, 0.29) is 6.54 Å². The molecule has 1 amide bonds. The van der Waals surface area contributed by atoms with Gasteiger partial charge in [-0.05, 0) is 39.0 Å². The van der Waals surface area contributed by atoms with Crippen LogP contribution in [0.5, 0.6) is 0 Å². The van der Waals surface area contributed by atoms with Crippen LogP contribution in [0.2, 0.25) is 0 Å². The molecule has 19 heavy (non-hydrogen) atoms. The number of carbonyl (C=O) groups excluding carboxylic acids is 1. The lowest BCUT2D eigenvalue weighted by atomic mass is 10.1. The topological polar surface area (TPSA) is 38.3 Å². The molecule has 0 fully saturated rings. The lowest BCUT2D eigenvalue weighted by Crippen LogP contribution is -2.32. The number of amides is 1. The number of carbonyl (C=O) groups is 1. The third kappa shape index (κ3) is 6.19. The maximum absolute atomic E-state index is 11.3. The van der Waals surface area contributed by atoms with Gasteiger partial charge in [0.05, 0.1) is 6.54 Å². The van der Waals surface area contributed by atoms with Crippen LogP contribution in [0.4, 0.5) is 4.79 Å². The Labute approximate surface area is 114 Å². The Hall–Kier alpha value is -2.39. The lowest BCUT2D eigenvalue weighted by Gasteiger charge is -2.18. The molecule has 0 bridgehead atoms. The van der Waals surface area contributed by atoms with Crippen LogP contribution in [-0.2, 0) is 4.74 Å². The molecule has 98 valence electrons. The fourth-order valence-electron chi connectivity index (χ4n) is 1.26. The Morgan fingerprint density at radius 2 is 2.05 bits per heavy atom. The molecular weight excluding hydrogens is 238 g/mol. The molecule has 1 aromatic rings. The van der Waals surface area contributed by atoms with E-state index in [0.29, 0.717) is 0 Å². The van der Waals surface area contributed by atoms with Gasteiger partial charge >= 0.3 is 6.09 Å². The largest absolute Gasteiger partial charge is 0.444 e.